The van der Waals surface area contributed by atoms with Gasteiger partial charge in [-0.05, 0) is 28.8 Å². The fourth-order valence-electron chi connectivity index (χ4n) is 4.01. The summed E-state index contributed by atoms with van der Waals surface area (Å²) in [6.07, 6.45) is -0.307. The third-order valence-corrected chi connectivity index (χ3v) is 7.56. The van der Waals surface area contributed by atoms with Gasteiger partial charge in [-0.1, -0.05) is 43.9 Å². The highest BCUT2D eigenvalue weighted by molar-refractivity contribution is 6.88. The zero-order chi connectivity index (χ0) is 25.9. The van der Waals surface area contributed by atoms with Crippen LogP contribution in [-0.2, 0) is 22.6 Å². The van der Waals surface area contributed by atoms with Crippen molar-refractivity contribution >= 4 is 25.0 Å². The number of carbonyl (C=O) groups excluding carboxylic acids is 2. The van der Waals surface area contributed by atoms with E-state index in [0.717, 1.165) is 16.5 Å². The Kier molecular flexibility index (Phi) is 7.86. The van der Waals surface area contributed by atoms with Crippen LogP contribution >= 0.6 is 0 Å². The monoisotopic (exact) mass is 502 g/mol. The summed E-state index contributed by atoms with van der Waals surface area (Å²) >= 11 is 0. The van der Waals surface area contributed by atoms with Crippen molar-refractivity contribution in [2.24, 2.45) is 0 Å². The van der Waals surface area contributed by atoms with Crippen molar-refractivity contribution in [3.8, 4) is 0 Å². The van der Waals surface area contributed by atoms with Crippen molar-refractivity contribution in [1.82, 2.24) is 10.1 Å². The molecule has 0 aliphatic rings. The molecule has 1 heterocycles. The minimum atomic E-state index is -2.28. The summed E-state index contributed by atoms with van der Waals surface area (Å²) in [5.41, 5.74) is 0.923. The number of aromatic nitrogens is 1. The molecule has 0 radical (unpaired) electrons. The maximum atomic E-state index is 14.8. The zero-order valence-corrected chi connectivity index (χ0v) is 21.3. The second kappa shape index (κ2) is 10.5. The Morgan fingerprint density at radius 1 is 1.06 bits per heavy atom. The molecule has 1 atom stereocenters. The van der Waals surface area contributed by atoms with E-state index in [-0.39, 0.29) is 22.9 Å². The van der Waals surface area contributed by atoms with Crippen molar-refractivity contribution in [3.05, 3.63) is 86.9 Å². The largest absolute Gasteiger partial charge is 0.380 e. The molecule has 2 aromatic carbocycles. The SMILES string of the molecule is COCc1ccc(C(C(=O)Cc2cc(F)c([Si](C)(C)C)c(F)c2)N(C)C(=O)c2cc(=O)[nH]o2)cc1. The van der Waals surface area contributed by atoms with E-state index in [4.69, 9.17) is 9.26 Å². The lowest BCUT2D eigenvalue weighted by Crippen LogP contribution is -2.42. The van der Waals surface area contributed by atoms with E-state index in [1.807, 2.05) is 24.8 Å². The van der Waals surface area contributed by atoms with E-state index in [2.05, 4.69) is 0 Å². The molecule has 35 heavy (non-hydrogen) atoms. The summed E-state index contributed by atoms with van der Waals surface area (Å²) in [5.74, 6) is -2.77. The first-order chi connectivity index (χ1) is 16.4. The molecule has 3 rings (SSSR count). The molecule has 0 fully saturated rings. The van der Waals surface area contributed by atoms with Crippen LogP contribution in [0, 0.1) is 11.6 Å². The quantitative estimate of drug-likeness (QED) is 0.452. The molecule has 10 heteroatoms. The number of nitrogens with one attached hydrogen (secondary N) is 1. The summed E-state index contributed by atoms with van der Waals surface area (Å²) in [6, 6.07) is 9.14. The first-order valence-corrected chi connectivity index (χ1v) is 14.5. The van der Waals surface area contributed by atoms with E-state index in [1.165, 1.54) is 19.2 Å². The molecule has 0 saturated heterocycles. The number of halogens is 2. The molecule has 0 aliphatic carbocycles. The fourth-order valence-corrected chi connectivity index (χ4v) is 5.59. The van der Waals surface area contributed by atoms with Crippen molar-refractivity contribution < 1.29 is 27.6 Å². The van der Waals surface area contributed by atoms with Crippen LogP contribution in [0.15, 0.2) is 51.8 Å². The van der Waals surface area contributed by atoms with Crippen LogP contribution in [-0.4, -0.2) is 44.0 Å². The summed E-state index contributed by atoms with van der Waals surface area (Å²) in [5, 5.41) is 2.12. The van der Waals surface area contributed by atoms with Crippen LogP contribution in [0.1, 0.15) is 33.3 Å². The normalized spacial score (nSPS) is 12.4. The molecule has 0 aliphatic heterocycles. The molecular weight excluding hydrogens is 474 g/mol. The van der Waals surface area contributed by atoms with Crippen molar-refractivity contribution in [2.45, 2.75) is 38.7 Å². The third kappa shape index (κ3) is 6.01. The number of rotatable bonds is 9. The molecule has 1 aromatic heterocycles. The average molecular weight is 503 g/mol. The lowest BCUT2D eigenvalue weighted by Gasteiger charge is -2.27. The number of hydrogen-bond acceptors (Lipinski definition) is 5. The third-order valence-electron chi connectivity index (χ3n) is 5.58. The number of nitrogens with zero attached hydrogens (tertiary/aromatic N) is 1. The van der Waals surface area contributed by atoms with E-state index in [1.54, 1.807) is 31.4 Å². The number of Topliss-reactive ketones (excluding diaryl/α,β-unsaturated/α-hetero) is 1. The molecule has 7 nitrogen and oxygen atoms in total. The summed E-state index contributed by atoms with van der Waals surface area (Å²) in [7, 11) is 0.680. The summed E-state index contributed by atoms with van der Waals surface area (Å²) < 4.78 is 39.6. The maximum Gasteiger partial charge on any atom is 0.293 e. The lowest BCUT2D eigenvalue weighted by atomic mass is 9.95. The molecule has 3 aromatic rings. The Labute approximate surface area is 202 Å². The van der Waals surface area contributed by atoms with Crippen LogP contribution < -0.4 is 10.7 Å². The highest BCUT2D eigenvalue weighted by atomic mass is 28.3. The minimum Gasteiger partial charge on any atom is -0.380 e. The molecule has 1 N–H and O–H groups in total. The van der Waals surface area contributed by atoms with E-state index >= 15 is 0 Å². The second-order valence-corrected chi connectivity index (χ2v) is 14.4. The standard InChI is InChI=1S/C25H28F2N2O5Si/c1-29(25(32)21-13-22(31)28-34-21)23(17-8-6-15(7-9-17)14-33-2)20(30)12-16-10-18(26)24(19(27)11-16)35(3,4)5/h6-11,13,23H,12,14H2,1-5H3,(H,28,31). The smallest absolute Gasteiger partial charge is 0.293 e. The number of hydrogen-bond donors (Lipinski definition) is 1. The highest BCUT2D eigenvalue weighted by Gasteiger charge is 2.32. The van der Waals surface area contributed by atoms with Gasteiger partial charge >= 0.3 is 0 Å². The fraction of sp³-hybridized carbons (Fsp3) is 0.320. The highest BCUT2D eigenvalue weighted by Crippen LogP contribution is 2.25. The maximum absolute atomic E-state index is 14.8. The summed E-state index contributed by atoms with van der Waals surface area (Å²) in [4.78, 5) is 39.0. The van der Waals surface area contributed by atoms with Gasteiger partial charge in [0.2, 0.25) is 5.76 Å². The topological polar surface area (TPSA) is 92.6 Å². The van der Waals surface area contributed by atoms with Crippen LogP contribution in [0.4, 0.5) is 8.78 Å². The Morgan fingerprint density at radius 3 is 2.14 bits per heavy atom. The van der Waals surface area contributed by atoms with Gasteiger partial charge in [0, 0.05) is 25.8 Å². The average Bonchev–Trinajstić information content (AvgIpc) is 3.19. The Morgan fingerprint density at radius 2 is 1.66 bits per heavy atom. The molecule has 1 unspecified atom stereocenters. The van der Waals surface area contributed by atoms with Gasteiger partial charge in [-0.2, -0.15) is 5.16 Å². The van der Waals surface area contributed by atoms with Gasteiger partial charge in [-0.15, -0.1) is 0 Å². The molecular formula is C25H28F2N2O5Si. The van der Waals surface area contributed by atoms with Gasteiger partial charge in [-0.25, -0.2) is 8.78 Å². The summed E-state index contributed by atoms with van der Waals surface area (Å²) in [6.45, 7) is 5.87. The minimum absolute atomic E-state index is 0.0776. The van der Waals surface area contributed by atoms with Gasteiger partial charge in [0.25, 0.3) is 11.5 Å². The van der Waals surface area contributed by atoms with Crippen LogP contribution in [0.25, 0.3) is 0 Å². The first-order valence-electron chi connectivity index (χ1n) is 11.0. The number of ether oxygens (including phenoxy) is 1. The van der Waals surface area contributed by atoms with Crippen LogP contribution in [0.5, 0.6) is 0 Å². The number of H-pyrrole nitrogens is 1. The molecule has 186 valence electrons. The van der Waals surface area contributed by atoms with E-state index in [9.17, 15) is 23.2 Å². The molecule has 1 amide bonds. The lowest BCUT2D eigenvalue weighted by molar-refractivity contribution is -0.122. The number of ketones is 1. The molecule has 0 spiro atoms. The number of carbonyl (C=O) groups is 2. The van der Waals surface area contributed by atoms with Gasteiger partial charge in [-0.3, -0.25) is 14.4 Å². The van der Waals surface area contributed by atoms with Crippen LogP contribution in [0.3, 0.4) is 0 Å². The predicted octanol–water partition coefficient (Wildman–Crippen LogP) is 3.56. The Balaban J connectivity index is 1.97. The van der Waals surface area contributed by atoms with Gasteiger partial charge in [0.05, 0.1) is 20.7 Å². The number of benzene rings is 2. The van der Waals surface area contributed by atoms with Crippen molar-refractivity contribution in [2.75, 3.05) is 14.2 Å². The van der Waals surface area contributed by atoms with Gasteiger partial charge < -0.3 is 14.2 Å². The predicted molar refractivity (Wildman–Crippen MR) is 129 cm³/mol. The van der Waals surface area contributed by atoms with E-state index in [0.29, 0.717) is 12.2 Å². The van der Waals surface area contributed by atoms with Crippen molar-refractivity contribution in [3.63, 3.8) is 0 Å². The van der Waals surface area contributed by atoms with E-state index < -0.39 is 43.0 Å². The number of amides is 1. The Hall–Kier alpha value is -3.37. The van der Waals surface area contributed by atoms with Gasteiger partial charge in [0.15, 0.2) is 5.78 Å². The second-order valence-electron chi connectivity index (χ2n) is 9.40. The number of likely N-dealkylation sites (N-methyl/N-ethyl adjacent to an activating group) is 1. The van der Waals surface area contributed by atoms with Gasteiger partial charge in [0.1, 0.15) is 17.7 Å². The zero-order valence-electron chi connectivity index (χ0n) is 20.3. The number of aromatic amines is 1. The van der Waals surface area contributed by atoms with Crippen molar-refractivity contribution in [1.29, 1.82) is 0 Å². The molecule has 0 saturated carbocycles. The molecule has 0 bridgehead atoms. The van der Waals surface area contributed by atoms with Crippen LogP contribution in [0.2, 0.25) is 19.6 Å². The Bertz CT molecular complexity index is 1250. The first kappa shape index (κ1) is 26.2. The number of methoxy groups -OCH3 is 1.